The highest BCUT2D eigenvalue weighted by molar-refractivity contribution is 6.23. The molecule has 0 saturated heterocycles. The molecule has 0 atom stereocenters. The van der Waals surface area contributed by atoms with Gasteiger partial charge in [-0.3, -0.25) is 0 Å². The predicted octanol–water partition coefficient (Wildman–Crippen LogP) is 13.4. The minimum atomic E-state index is 0.835. The van der Waals surface area contributed by atoms with Gasteiger partial charge in [0.1, 0.15) is 16.7 Å². The molecule has 0 N–H and O–H groups in total. The van der Waals surface area contributed by atoms with Gasteiger partial charge in [-0.2, -0.15) is 0 Å². The van der Waals surface area contributed by atoms with Crippen LogP contribution in [0.25, 0.3) is 76.9 Å². The zero-order chi connectivity index (χ0) is 32.3. The Kier molecular flexibility index (Phi) is 6.18. The molecule has 0 fully saturated rings. The lowest BCUT2D eigenvalue weighted by atomic mass is 9.95. The van der Waals surface area contributed by atoms with E-state index in [2.05, 4.69) is 169 Å². The highest BCUT2D eigenvalue weighted by Crippen LogP contribution is 2.50. The van der Waals surface area contributed by atoms with E-state index in [1.54, 1.807) is 0 Å². The molecule has 10 rings (SSSR count). The van der Waals surface area contributed by atoms with E-state index in [1.165, 1.54) is 16.5 Å². The number of furan rings is 2. The lowest BCUT2D eigenvalue weighted by Gasteiger charge is -2.28. The van der Waals surface area contributed by atoms with Crippen molar-refractivity contribution < 1.29 is 8.83 Å². The molecule has 0 unspecified atom stereocenters. The molecule has 0 aliphatic heterocycles. The Morgan fingerprint density at radius 2 is 0.857 bits per heavy atom. The van der Waals surface area contributed by atoms with E-state index in [1.807, 2.05) is 12.1 Å². The maximum absolute atomic E-state index is 6.82. The van der Waals surface area contributed by atoms with Crippen molar-refractivity contribution in [3.63, 3.8) is 0 Å². The molecule has 0 radical (unpaired) electrons. The maximum atomic E-state index is 6.82. The van der Waals surface area contributed by atoms with Gasteiger partial charge in [0.2, 0.25) is 0 Å². The fourth-order valence-corrected chi connectivity index (χ4v) is 7.50. The normalized spacial score (nSPS) is 11.7. The average Bonchev–Trinajstić information content (AvgIpc) is 3.75. The predicted molar refractivity (Wildman–Crippen MR) is 204 cm³/mol. The van der Waals surface area contributed by atoms with Crippen molar-refractivity contribution >= 4 is 71.7 Å². The highest BCUT2D eigenvalue weighted by atomic mass is 16.3. The van der Waals surface area contributed by atoms with Gasteiger partial charge in [0, 0.05) is 27.1 Å². The third-order valence-electron chi connectivity index (χ3n) is 9.66. The van der Waals surface area contributed by atoms with E-state index in [-0.39, 0.29) is 0 Å². The summed E-state index contributed by atoms with van der Waals surface area (Å²) >= 11 is 0. The first-order valence-corrected chi connectivity index (χ1v) is 16.6. The molecular formula is C46H29NO2. The lowest BCUT2D eigenvalue weighted by Crippen LogP contribution is -2.12. The number of benzene rings is 8. The monoisotopic (exact) mass is 627 g/mol. The molecule has 3 nitrogen and oxygen atoms in total. The van der Waals surface area contributed by atoms with Crippen LogP contribution in [0.3, 0.4) is 0 Å². The summed E-state index contributed by atoms with van der Waals surface area (Å²) in [5.74, 6) is 0. The van der Waals surface area contributed by atoms with Crippen LogP contribution in [-0.2, 0) is 0 Å². The molecule has 0 saturated carbocycles. The Morgan fingerprint density at radius 1 is 0.327 bits per heavy atom. The molecule has 8 aromatic carbocycles. The van der Waals surface area contributed by atoms with Gasteiger partial charge in [0.25, 0.3) is 0 Å². The first-order valence-electron chi connectivity index (χ1n) is 16.6. The minimum absolute atomic E-state index is 0.835. The molecule has 0 bridgehead atoms. The zero-order valence-electron chi connectivity index (χ0n) is 26.5. The molecule has 0 spiro atoms. The van der Waals surface area contributed by atoms with E-state index in [0.717, 1.165) is 77.5 Å². The lowest BCUT2D eigenvalue weighted by molar-refractivity contribution is 0.669. The van der Waals surface area contributed by atoms with Crippen LogP contribution in [0.4, 0.5) is 17.1 Å². The van der Waals surface area contributed by atoms with Gasteiger partial charge in [-0.15, -0.1) is 0 Å². The highest BCUT2D eigenvalue weighted by Gasteiger charge is 2.26. The Balaban J connectivity index is 1.34. The number of para-hydroxylation sites is 3. The number of nitrogens with zero attached hydrogens (tertiary/aromatic N) is 1. The topological polar surface area (TPSA) is 29.5 Å². The van der Waals surface area contributed by atoms with Crippen LogP contribution in [0.5, 0.6) is 0 Å². The Hall–Kier alpha value is -6.58. The average molecular weight is 628 g/mol. The van der Waals surface area contributed by atoms with Crippen LogP contribution < -0.4 is 4.90 Å². The first kappa shape index (κ1) is 27.5. The zero-order valence-corrected chi connectivity index (χ0v) is 26.5. The standard InChI is InChI=1S/C46H29NO2/c1-3-15-30(16-4-1)32-19-9-11-24-39(32)47(41-26-13-23-36-34-21-10-12-27-42(34)48-46(36)41)40-25-14-28-43-44(40)38-29-37(31-17-5-2-6-18-31)33-20-7-8-22-35(33)45(38)49-43/h1-29H. The molecule has 0 aliphatic rings. The summed E-state index contributed by atoms with van der Waals surface area (Å²) in [6, 6.07) is 61.8. The second kappa shape index (κ2) is 11.0. The van der Waals surface area contributed by atoms with Gasteiger partial charge >= 0.3 is 0 Å². The van der Waals surface area contributed by atoms with Crippen LogP contribution in [0, 0.1) is 0 Å². The summed E-state index contributed by atoms with van der Waals surface area (Å²) in [6.45, 7) is 0. The molecule has 10 aromatic rings. The van der Waals surface area contributed by atoms with Crippen LogP contribution in [0.1, 0.15) is 0 Å². The third-order valence-corrected chi connectivity index (χ3v) is 9.66. The number of hydrogen-bond donors (Lipinski definition) is 0. The van der Waals surface area contributed by atoms with Gasteiger partial charge in [-0.1, -0.05) is 140 Å². The van der Waals surface area contributed by atoms with E-state index >= 15 is 0 Å². The summed E-state index contributed by atoms with van der Waals surface area (Å²) in [4.78, 5) is 2.36. The maximum Gasteiger partial charge on any atom is 0.159 e. The fraction of sp³-hybridized carbons (Fsp3) is 0. The van der Waals surface area contributed by atoms with Gasteiger partial charge in [0.15, 0.2) is 5.58 Å². The second-order valence-electron chi connectivity index (χ2n) is 12.4. The number of rotatable bonds is 5. The van der Waals surface area contributed by atoms with E-state index in [4.69, 9.17) is 8.83 Å². The molecule has 0 amide bonds. The third kappa shape index (κ3) is 4.29. The first-order chi connectivity index (χ1) is 24.3. The summed E-state index contributed by atoms with van der Waals surface area (Å²) in [5, 5.41) is 6.56. The van der Waals surface area contributed by atoms with Crippen LogP contribution in [0.15, 0.2) is 185 Å². The summed E-state index contributed by atoms with van der Waals surface area (Å²) in [5.41, 5.74) is 11.1. The van der Waals surface area contributed by atoms with Gasteiger partial charge in [-0.25, -0.2) is 0 Å². The number of hydrogen-bond acceptors (Lipinski definition) is 3. The molecule has 2 heterocycles. The van der Waals surface area contributed by atoms with E-state index in [9.17, 15) is 0 Å². The van der Waals surface area contributed by atoms with Crippen molar-refractivity contribution in [1.29, 1.82) is 0 Å². The van der Waals surface area contributed by atoms with Crippen molar-refractivity contribution in [3.05, 3.63) is 176 Å². The van der Waals surface area contributed by atoms with Crippen molar-refractivity contribution in [3.8, 4) is 22.3 Å². The van der Waals surface area contributed by atoms with Crippen LogP contribution in [0.2, 0.25) is 0 Å². The number of anilines is 3. The summed E-state index contributed by atoms with van der Waals surface area (Å²) < 4.78 is 13.5. The summed E-state index contributed by atoms with van der Waals surface area (Å²) in [6.07, 6.45) is 0. The van der Waals surface area contributed by atoms with Crippen molar-refractivity contribution in [2.45, 2.75) is 0 Å². The quantitative estimate of drug-likeness (QED) is 0.190. The van der Waals surface area contributed by atoms with Crippen molar-refractivity contribution in [2.75, 3.05) is 4.90 Å². The van der Waals surface area contributed by atoms with Gasteiger partial charge in [-0.05, 0) is 58.5 Å². The largest absolute Gasteiger partial charge is 0.455 e. The summed E-state index contributed by atoms with van der Waals surface area (Å²) in [7, 11) is 0. The molecule has 0 aliphatic carbocycles. The second-order valence-corrected chi connectivity index (χ2v) is 12.4. The minimum Gasteiger partial charge on any atom is -0.455 e. The SMILES string of the molecule is c1ccc(-c2ccccc2N(c2cccc3c2oc2ccccc23)c2cccc3oc4c5ccccc5c(-c5ccccc5)cc4c23)cc1. The molecular weight excluding hydrogens is 599 g/mol. The molecule has 49 heavy (non-hydrogen) atoms. The number of fused-ring (bicyclic) bond motifs is 8. The van der Waals surface area contributed by atoms with Crippen LogP contribution >= 0.6 is 0 Å². The van der Waals surface area contributed by atoms with E-state index in [0.29, 0.717) is 0 Å². The Labute approximate surface area is 282 Å². The molecule has 2 aromatic heterocycles. The van der Waals surface area contributed by atoms with E-state index < -0.39 is 0 Å². The van der Waals surface area contributed by atoms with Crippen molar-refractivity contribution in [1.82, 2.24) is 0 Å². The van der Waals surface area contributed by atoms with Gasteiger partial charge < -0.3 is 13.7 Å². The smallest absolute Gasteiger partial charge is 0.159 e. The van der Waals surface area contributed by atoms with Crippen molar-refractivity contribution in [2.24, 2.45) is 0 Å². The Bertz CT molecular complexity index is 2830. The molecule has 3 heteroatoms. The fourth-order valence-electron chi connectivity index (χ4n) is 7.50. The van der Waals surface area contributed by atoms with Crippen LogP contribution in [-0.4, -0.2) is 0 Å². The Morgan fingerprint density at radius 3 is 1.67 bits per heavy atom. The van der Waals surface area contributed by atoms with Gasteiger partial charge in [0.05, 0.1) is 22.4 Å². The molecule has 230 valence electrons.